The van der Waals surface area contributed by atoms with Crippen molar-refractivity contribution < 1.29 is 9.53 Å². The molecule has 1 aromatic heterocycles. The lowest BCUT2D eigenvalue weighted by atomic mass is 10.1. The molecule has 1 amide bonds. The van der Waals surface area contributed by atoms with Crippen LogP contribution in [0.3, 0.4) is 0 Å². The van der Waals surface area contributed by atoms with Crippen molar-refractivity contribution in [3.05, 3.63) is 93.9 Å². The highest BCUT2D eigenvalue weighted by Crippen LogP contribution is 2.24. The van der Waals surface area contributed by atoms with Crippen LogP contribution < -0.4 is 15.6 Å². The summed E-state index contributed by atoms with van der Waals surface area (Å²) in [5.41, 5.74) is 3.12. The van der Waals surface area contributed by atoms with Gasteiger partial charge in [0.2, 0.25) is 0 Å². The van der Waals surface area contributed by atoms with Gasteiger partial charge in [0, 0.05) is 12.3 Å². The Morgan fingerprint density at radius 1 is 0.964 bits per heavy atom. The Labute approximate surface area is 164 Å². The topological polar surface area (TPSA) is 60.3 Å². The molecule has 0 bridgehead atoms. The number of rotatable bonds is 7. The number of ether oxygens (including phenoxy) is 1. The summed E-state index contributed by atoms with van der Waals surface area (Å²) in [7, 11) is 0. The molecule has 0 aliphatic carbocycles. The number of carbonyl (C=O) groups is 1. The van der Waals surface area contributed by atoms with Crippen molar-refractivity contribution in [1.82, 2.24) is 4.57 Å². The zero-order chi connectivity index (χ0) is 19.9. The number of aromatic nitrogens is 1. The van der Waals surface area contributed by atoms with E-state index in [0.717, 1.165) is 12.0 Å². The van der Waals surface area contributed by atoms with Crippen molar-refractivity contribution in [1.29, 1.82) is 0 Å². The fourth-order valence-electron chi connectivity index (χ4n) is 2.91. The minimum absolute atomic E-state index is 0.147. The molecule has 0 fully saturated rings. The van der Waals surface area contributed by atoms with E-state index in [2.05, 4.69) is 24.4 Å². The number of para-hydroxylation sites is 2. The van der Waals surface area contributed by atoms with E-state index in [4.69, 9.17) is 4.74 Å². The number of amides is 1. The van der Waals surface area contributed by atoms with Crippen LogP contribution in [0.25, 0.3) is 0 Å². The molecule has 1 N–H and O–H groups in total. The van der Waals surface area contributed by atoms with Crippen LogP contribution in [0.2, 0.25) is 0 Å². The molecule has 0 aliphatic rings. The van der Waals surface area contributed by atoms with Crippen LogP contribution in [0.15, 0.2) is 71.7 Å². The van der Waals surface area contributed by atoms with Crippen molar-refractivity contribution in [2.24, 2.45) is 0 Å². The van der Waals surface area contributed by atoms with Gasteiger partial charge in [-0.1, -0.05) is 43.3 Å². The molecule has 2 aromatic carbocycles. The van der Waals surface area contributed by atoms with Crippen LogP contribution in [0, 0.1) is 0 Å². The van der Waals surface area contributed by atoms with Gasteiger partial charge in [-0.3, -0.25) is 9.59 Å². The fourth-order valence-corrected chi connectivity index (χ4v) is 2.91. The summed E-state index contributed by atoms with van der Waals surface area (Å²) in [5.74, 6) is 0.324. The molecule has 0 unspecified atom stereocenters. The third-order valence-corrected chi connectivity index (χ3v) is 4.46. The van der Waals surface area contributed by atoms with Gasteiger partial charge in [0.15, 0.2) is 0 Å². The first-order valence-electron chi connectivity index (χ1n) is 9.42. The summed E-state index contributed by atoms with van der Waals surface area (Å²) < 4.78 is 7.09. The molecule has 3 aromatic rings. The number of nitrogens with zero attached hydrogens (tertiary/aromatic N) is 1. The molecule has 0 atom stereocenters. The van der Waals surface area contributed by atoms with Gasteiger partial charge >= 0.3 is 0 Å². The average Bonchev–Trinajstić information content (AvgIpc) is 2.72. The van der Waals surface area contributed by atoms with E-state index in [9.17, 15) is 9.59 Å². The SMILES string of the molecule is CCOc1ccccc1NC(=O)c1ccc(=O)n(Cc2ccc(CC)cc2)c1. The maximum Gasteiger partial charge on any atom is 0.257 e. The summed E-state index contributed by atoms with van der Waals surface area (Å²) in [5, 5.41) is 2.86. The Balaban J connectivity index is 1.80. The molecular formula is C23H24N2O3. The third-order valence-electron chi connectivity index (χ3n) is 4.46. The Bertz CT molecular complexity index is 1010. The Morgan fingerprint density at radius 2 is 1.68 bits per heavy atom. The third kappa shape index (κ3) is 4.68. The van der Waals surface area contributed by atoms with Gasteiger partial charge in [-0.2, -0.15) is 0 Å². The van der Waals surface area contributed by atoms with Crippen molar-refractivity contribution in [3.63, 3.8) is 0 Å². The minimum Gasteiger partial charge on any atom is -0.492 e. The highest BCUT2D eigenvalue weighted by Gasteiger charge is 2.11. The quantitative estimate of drug-likeness (QED) is 0.675. The van der Waals surface area contributed by atoms with Crippen LogP contribution >= 0.6 is 0 Å². The molecular weight excluding hydrogens is 352 g/mol. The van der Waals surface area contributed by atoms with E-state index < -0.39 is 0 Å². The Morgan fingerprint density at radius 3 is 2.39 bits per heavy atom. The first kappa shape index (κ1) is 19.4. The largest absolute Gasteiger partial charge is 0.492 e. The van der Waals surface area contributed by atoms with Crippen LogP contribution in [-0.4, -0.2) is 17.1 Å². The predicted molar refractivity (Wildman–Crippen MR) is 111 cm³/mol. The maximum atomic E-state index is 12.7. The van der Waals surface area contributed by atoms with E-state index in [0.29, 0.717) is 30.2 Å². The number of nitrogens with one attached hydrogen (secondary N) is 1. The summed E-state index contributed by atoms with van der Waals surface area (Å²) in [4.78, 5) is 24.9. The van der Waals surface area contributed by atoms with Crippen molar-refractivity contribution in [3.8, 4) is 5.75 Å². The van der Waals surface area contributed by atoms with Crippen LogP contribution in [0.4, 0.5) is 5.69 Å². The Kier molecular flexibility index (Phi) is 6.27. The number of benzene rings is 2. The molecule has 0 spiro atoms. The molecule has 28 heavy (non-hydrogen) atoms. The van der Waals surface area contributed by atoms with Crippen molar-refractivity contribution in [2.75, 3.05) is 11.9 Å². The van der Waals surface area contributed by atoms with E-state index in [1.54, 1.807) is 22.9 Å². The second kappa shape index (κ2) is 9.04. The standard InChI is InChI=1S/C23H24N2O3/c1-3-17-9-11-18(12-10-17)15-25-16-19(13-14-22(25)26)23(27)24-20-7-5-6-8-21(20)28-4-2/h5-14,16H,3-4,15H2,1-2H3,(H,24,27). The molecule has 5 heteroatoms. The number of hydrogen-bond acceptors (Lipinski definition) is 3. The minimum atomic E-state index is -0.290. The summed E-state index contributed by atoms with van der Waals surface area (Å²) >= 11 is 0. The zero-order valence-corrected chi connectivity index (χ0v) is 16.1. The fraction of sp³-hybridized carbons (Fsp3) is 0.217. The first-order valence-corrected chi connectivity index (χ1v) is 9.42. The maximum absolute atomic E-state index is 12.7. The van der Waals surface area contributed by atoms with E-state index >= 15 is 0 Å². The molecule has 144 valence electrons. The molecule has 3 rings (SSSR count). The van der Waals surface area contributed by atoms with Crippen molar-refractivity contribution in [2.45, 2.75) is 26.8 Å². The van der Waals surface area contributed by atoms with Gasteiger partial charge in [-0.15, -0.1) is 0 Å². The first-order chi connectivity index (χ1) is 13.6. The lowest BCUT2D eigenvalue weighted by molar-refractivity contribution is 0.102. The normalized spacial score (nSPS) is 10.5. The molecule has 5 nitrogen and oxygen atoms in total. The monoisotopic (exact) mass is 376 g/mol. The molecule has 0 saturated heterocycles. The Hall–Kier alpha value is -3.34. The number of hydrogen-bond donors (Lipinski definition) is 1. The van der Waals surface area contributed by atoms with Crippen LogP contribution in [-0.2, 0) is 13.0 Å². The van der Waals surface area contributed by atoms with Crippen LogP contribution in [0.1, 0.15) is 35.3 Å². The van der Waals surface area contributed by atoms with E-state index in [1.165, 1.54) is 17.7 Å². The smallest absolute Gasteiger partial charge is 0.257 e. The second-order valence-corrected chi connectivity index (χ2v) is 6.44. The molecule has 0 aliphatic heterocycles. The highest BCUT2D eigenvalue weighted by molar-refractivity contribution is 6.04. The molecule has 0 radical (unpaired) electrons. The number of carbonyl (C=O) groups excluding carboxylic acids is 1. The van der Waals surface area contributed by atoms with Gasteiger partial charge in [0.25, 0.3) is 11.5 Å². The van der Waals surface area contributed by atoms with Gasteiger partial charge in [0.05, 0.1) is 24.4 Å². The number of pyridine rings is 1. The van der Waals surface area contributed by atoms with E-state index in [-0.39, 0.29) is 11.5 Å². The molecule has 0 saturated carbocycles. The zero-order valence-electron chi connectivity index (χ0n) is 16.1. The lowest BCUT2D eigenvalue weighted by Gasteiger charge is -2.12. The average molecular weight is 376 g/mol. The van der Waals surface area contributed by atoms with Gasteiger partial charge < -0.3 is 14.6 Å². The second-order valence-electron chi connectivity index (χ2n) is 6.44. The van der Waals surface area contributed by atoms with Gasteiger partial charge in [-0.25, -0.2) is 0 Å². The highest BCUT2D eigenvalue weighted by atomic mass is 16.5. The van der Waals surface area contributed by atoms with Crippen molar-refractivity contribution >= 4 is 11.6 Å². The molecule has 1 heterocycles. The summed E-state index contributed by atoms with van der Waals surface area (Å²) in [6.07, 6.45) is 2.56. The number of anilines is 1. The summed E-state index contributed by atoms with van der Waals surface area (Å²) in [6, 6.07) is 18.4. The van der Waals surface area contributed by atoms with Crippen LogP contribution in [0.5, 0.6) is 5.75 Å². The predicted octanol–water partition coefficient (Wildman–Crippen LogP) is 4.11. The summed E-state index contributed by atoms with van der Waals surface area (Å²) in [6.45, 7) is 4.92. The van der Waals surface area contributed by atoms with Gasteiger partial charge in [-0.05, 0) is 42.7 Å². The van der Waals surface area contributed by atoms with E-state index in [1.807, 2.05) is 31.2 Å². The number of aryl methyl sites for hydroxylation is 1. The van der Waals surface area contributed by atoms with Gasteiger partial charge in [0.1, 0.15) is 5.75 Å². The lowest BCUT2D eigenvalue weighted by Crippen LogP contribution is -2.22.